The summed E-state index contributed by atoms with van der Waals surface area (Å²) in [6.07, 6.45) is 0. The first kappa shape index (κ1) is 14.6. The smallest absolute Gasteiger partial charge is 0.133 e. The van der Waals surface area contributed by atoms with Gasteiger partial charge in [0.1, 0.15) is 11.5 Å². The summed E-state index contributed by atoms with van der Waals surface area (Å²) in [6, 6.07) is 12.7. The van der Waals surface area contributed by atoms with Gasteiger partial charge in [-0.25, -0.2) is 0 Å². The van der Waals surface area contributed by atoms with E-state index < -0.39 is 0 Å². The minimum atomic E-state index is 0.306. The van der Waals surface area contributed by atoms with Crippen molar-refractivity contribution in [2.45, 2.75) is 4.90 Å². The Hall–Kier alpha value is -0.840. The normalized spacial score (nSPS) is 10.4. The second kappa shape index (κ2) is 7.08. The van der Waals surface area contributed by atoms with E-state index in [1.54, 1.807) is 36.0 Å². The molecule has 0 aliphatic heterocycles. The third-order valence-corrected chi connectivity index (χ3v) is 4.24. The van der Waals surface area contributed by atoms with Gasteiger partial charge in [-0.3, -0.25) is 0 Å². The molecule has 0 unspecified atom stereocenters. The summed E-state index contributed by atoms with van der Waals surface area (Å²) in [5.41, 5.74) is 0. The van der Waals surface area contributed by atoms with Crippen molar-refractivity contribution in [3.05, 3.63) is 52.0 Å². The Morgan fingerprint density at radius 3 is 2.74 bits per heavy atom. The lowest BCUT2D eigenvalue weighted by Gasteiger charge is -2.08. The Morgan fingerprint density at radius 1 is 1.21 bits per heavy atom. The van der Waals surface area contributed by atoms with Crippen LogP contribution in [0.4, 0.5) is 0 Å². The molecule has 2 nitrogen and oxygen atoms in total. The lowest BCUT2D eigenvalue weighted by atomic mass is 10.3. The van der Waals surface area contributed by atoms with Crippen LogP contribution in [0.1, 0.15) is 0 Å². The largest absolute Gasteiger partial charge is 0.507 e. The zero-order valence-corrected chi connectivity index (χ0v) is 13.1. The van der Waals surface area contributed by atoms with Crippen LogP contribution in [-0.2, 0) is 0 Å². The van der Waals surface area contributed by atoms with Crippen molar-refractivity contribution >= 4 is 39.3 Å². The fourth-order valence-electron chi connectivity index (χ4n) is 1.47. The minimum Gasteiger partial charge on any atom is -0.507 e. The van der Waals surface area contributed by atoms with Gasteiger partial charge in [0.25, 0.3) is 0 Å². The summed E-state index contributed by atoms with van der Waals surface area (Å²) >= 11 is 10.8. The molecule has 1 N–H and O–H groups in total. The third kappa shape index (κ3) is 4.34. The van der Waals surface area contributed by atoms with Crippen molar-refractivity contribution in [2.24, 2.45) is 0 Å². The van der Waals surface area contributed by atoms with Crippen LogP contribution in [0.5, 0.6) is 11.5 Å². The molecule has 2 rings (SSSR count). The standard InChI is InChI=1S/C14H12BrClO2S/c15-11-9-10(16)5-6-13(11)18-7-8-19-14-4-2-1-3-12(14)17/h1-6,9,17H,7-8H2. The molecule has 0 heterocycles. The van der Waals surface area contributed by atoms with Gasteiger partial charge in [-0.2, -0.15) is 0 Å². The molecule has 0 fully saturated rings. The van der Waals surface area contributed by atoms with Crippen LogP contribution >= 0.6 is 39.3 Å². The first-order valence-electron chi connectivity index (χ1n) is 5.65. The Balaban J connectivity index is 1.83. The van der Waals surface area contributed by atoms with Gasteiger partial charge in [-0.15, -0.1) is 11.8 Å². The van der Waals surface area contributed by atoms with E-state index in [0.717, 1.165) is 20.9 Å². The zero-order chi connectivity index (χ0) is 13.7. The number of aromatic hydroxyl groups is 1. The van der Waals surface area contributed by atoms with E-state index in [1.165, 1.54) is 0 Å². The Labute approximate surface area is 129 Å². The van der Waals surface area contributed by atoms with Crippen LogP contribution in [0.15, 0.2) is 51.8 Å². The van der Waals surface area contributed by atoms with Gasteiger partial charge in [0, 0.05) is 15.7 Å². The molecule has 0 aromatic heterocycles. The van der Waals surface area contributed by atoms with Crippen LogP contribution in [0.3, 0.4) is 0 Å². The molecule has 0 saturated heterocycles. The molecule has 0 amide bonds. The van der Waals surface area contributed by atoms with E-state index in [0.29, 0.717) is 17.4 Å². The van der Waals surface area contributed by atoms with Crippen molar-refractivity contribution in [2.75, 3.05) is 12.4 Å². The number of phenols is 1. The molecule has 100 valence electrons. The number of ether oxygens (including phenoxy) is 1. The molecule has 19 heavy (non-hydrogen) atoms. The monoisotopic (exact) mass is 358 g/mol. The third-order valence-electron chi connectivity index (χ3n) is 2.36. The van der Waals surface area contributed by atoms with E-state index in [9.17, 15) is 5.11 Å². The molecule has 2 aromatic rings. The molecule has 0 aliphatic carbocycles. The molecule has 0 radical (unpaired) electrons. The quantitative estimate of drug-likeness (QED) is 0.603. The molecule has 2 aromatic carbocycles. The van der Waals surface area contributed by atoms with Crippen molar-refractivity contribution < 1.29 is 9.84 Å². The van der Waals surface area contributed by atoms with E-state index in [4.69, 9.17) is 16.3 Å². The average molecular weight is 360 g/mol. The number of rotatable bonds is 5. The zero-order valence-electron chi connectivity index (χ0n) is 9.98. The number of phenolic OH excluding ortho intramolecular Hbond substituents is 1. The van der Waals surface area contributed by atoms with Gasteiger partial charge in [-0.1, -0.05) is 23.7 Å². The van der Waals surface area contributed by atoms with E-state index in [2.05, 4.69) is 15.9 Å². The van der Waals surface area contributed by atoms with Crippen LogP contribution in [0.2, 0.25) is 5.02 Å². The van der Waals surface area contributed by atoms with Gasteiger partial charge >= 0.3 is 0 Å². The Bertz CT molecular complexity index is 563. The van der Waals surface area contributed by atoms with Crippen molar-refractivity contribution in [1.82, 2.24) is 0 Å². The number of para-hydroxylation sites is 1. The molecule has 0 aliphatic rings. The predicted octanol–water partition coefficient (Wildman–Crippen LogP) is 4.98. The summed E-state index contributed by atoms with van der Waals surface area (Å²) in [6.45, 7) is 0.555. The Morgan fingerprint density at radius 2 is 2.00 bits per heavy atom. The van der Waals surface area contributed by atoms with Crippen LogP contribution < -0.4 is 4.74 Å². The summed E-state index contributed by atoms with van der Waals surface area (Å²) in [4.78, 5) is 0.862. The highest BCUT2D eigenvalue weighted by molar-refractivity contribution is 9.10. The highest BCUT2D eigenvalue weighted by Gasteiger charge is 2.03. The fourth-order valence-corrected chi connectivity index (χ4v) is 3.05. The maximum atomic E-state index is 9.62. The number of hydrogen-bond donors (Lipinski definition) is 1. The fraction of sp³-hybridized carbons (Fsp3) is 0.143. The Kier molecular flexibility index (Phi) is 5.43. The molecule has 5 heteroatoms. The lowest BCUT2D eigenvalue weighted by Crippen LogP contribution is -2.00. The number of benzene rings is 2. The first-order valence-corrected chi connectivity index (χ1v) is 7.81. The van der Waals surface area contributed by atoms with Gasteiger partial charge in [0.15, 0.2) is 0 Å². The number of halogens is 2. The highest BCUT2D eigenvalue weighted by atomic mass is 79.9. The minimum absolute atomic E-state index is 0.306. The molecule has 0 atom stereocenters. The number of hydrogen-bond acceptors (Lipinski definition) is 3. The highest BCUT2D eigenvalue weighted by Crippen LogP contribution is 2.30. The van der Waals surface area contributed by atoms with Crippen LogP contribution in [-0.4, -0.2) is 17.5 Å². The summed E-state index contributed by atoms with van der Waals surface area (Å²) in [5, 5.41) is 10.3. The summed E-state index contributed by atoms with van der Waals surface area (Å²) < 4.78 is 6.49. The topological polar surface area (TPSA) is 29.5 Å². The first-order chi connectivity index (χ1) is 9.16. The van der Waals surface area contributed by atoms with Gasteiger partial charge < -0.3 is 9.84 Å². The average Bonchev–Trinajstić information content (AvgIpc) is 2.38. The van der Waals surface area contributed by atoms with Crippen molar-refractivity contribution in [3.63, 3.8) is 0 Å². The van der Waals surface area contributed by atoms with E-state index in [-0.39, 0.29) is 0 Å². The molecular weight excluding hydrogens is 348 g/mol. The maximum absolute atomic E-state index is 9.62. The van der Waals surface area contributed by atoms with Gasteiger partial charge in [0.05, 0.1) is 11.1 Å². The van der Waals surface area contributed by atoms with Crippen LogP contribution in [0, 0.1) is 0 Å². The summed E-state index contributed by atoms with van der Waals surface area (Å²) in [5.74, 6) is 1.83. The second-order valence-electron chi connectivity index (χ2n) is 3.74. The maximum Gasteiger partial charge on any atom is 0.133 e. The molecule has 0 bridgehead atoms. The second-order valence-corrected chi connectivity index (χ2v) is 6.17. The van der Waals surface area contributed by atoms with E-state index in [1.807, 2.05) is 18.2 Å². The lowest BCUT2D eigenvalue weighted by molar-refractivity contribution is 0.342. The van der Waals surface area contributed by atoms with Crippen molar-refractivity contribution in [1.29, 1.82) is 0 Å². The molecule has 0 spiro atoms. The SMILES string of the molecule is Oc1ccccc1SCCOc1ccc(Cl)cc1Br. The summed E-state index contributed by atoms with van der Waals surface area (Å²) in [7, 11) is 0. The molecular formula is C14H12BrClO2S. The van der Waals surface area contributed by atoms with Crippen LogP contribution in [0.25, 0.3) is 0 Å². The number of thioether (sulfide) groups is 1. The van der Waals surface area contributed by atoms with E-state index >= 15 is 0 Å². The van der Waals surface area contributed by atoms with Crippen molar-refractivity contribution in [3.8, 4) is 11.5 Å². The van der Waals surface area contributed by atoms with Gasteiger partial charge in [0.2, 0.25) is 0 Å². The predicted molar refractivity (Wildman–Crippen MR) is 83.5 cm³/mol. The van der Waals surface area contributed by atoms with Gasteiger partial charge in [-0.05, 0) is 46.3 Å². The molecule has 0 saturated carbocycles.